The van der Waals surface area contributed by atoms with E-state index >= 15 is 0 Å². The van der Waals surface area contributed by atoms with Crippen LogP contribution in [-0.2, 0) is 32.8 Å². The predicted molar refractivity (Wildman–Crippen MR) is 227 cm³/mol. The molecule has 0 radical (unpaired) electrons. The van der Waals surface area contributed by atoms with Gasteiger partial charge in [0.1, 0.15) is 0 Å². The van der Waals surface area contributed by atoms with Gasteiger partial charge in [0.05, 0.1) is 47.6 Å². The van der Waals surface area contributed by atoms with Gasteiger partial charge in [-0.15, -0.1) is 0 Å². The summed E-state index contributed by atoms with van der Waals surface area (Å²) in [5.41, 5.74) is 7.78. The monoisotopic (exact) mass is 958 g/mol. The molecule has 2 heterocycles. The lowest BCUT2D eigenvalue weighted by Crippen LogP contribution is -2.23. The topological polar surface area (TPSA) is 219 Å². The number of anilines is 2. The second-order valence-electron chi connectivity index (χ2n) is 12.8. The molecule has 17 heteroatoms. The number of carbonyl (C=O) groups is 4. The third-order valence-corrected chi connectivity index (χ3v) is 13.7. The van der Waals surface area contributed by atoms with Crippen LogP contribution in [0.1, 0.15) is 52.6 Å². The van der Waals surface area contributed by atoms with Crippen molar-refractivity contribution in [1.82, 2.24) is 5.32 Å². The number of sulfone groups is 2. The van der Waals surface area contributed by atoms with Crippen molar-refractivity contribution in [2.75, 3.05) is 10.6 Å². The highest BCUT2D eigenvalue weighted by Crippen LogP contribution is 2.35. The van der Waals surface area contributed by atoms with Gasteiger partial charge >= 0.3 is 5.97 Å². The quantitative estimate of drug-likeness (QED) is 0.115. The zero-order valence-electron chi connectivity index (χ0n) is 30.5. The Morgan fingerprint density at radius 2 is 1.00 bits per heavy atom. The zero-order valence-corrected chi connectivity index (χ0v) is 35.3. The van der Waals surface area contributed by atoms with Crippen molar-refractivity contribution < 1.29 is 41.1 Å². The Morgan fingerprint density at radius 3 is 1.46 bits per heavy atom. The number of carboxylic acids is 1. The number of halogens is 2. The molecule has 0 saturated carbocycles. The van der Waals surface area contributed by atoms with Gasteiger partial charge in [0.2, 0.25) is 19.7 Å². The number of amides is 3. The number of hydrogen-bond donors (Lipinski definition) is 5. The number of nitrogens with two attached hydrogens (primary N) is 1. The molecule has 0 unspecified atom stereocenters. The molecular formula is C42H32Br2N4O9S2. The summed E-state index contributed by atoms with van der Waals surface area (Å²) in [7, 11) is -7.78. The number of fused-ring (bicyclic) bond motifs is 4. The van der Waals surface area contributed by atoms with Gasteiger partial charge < -0.3 is 26.8 Å². The molecule has 0 bridgehead atoms. The van der Waals surface area contributed by atoms with Crippen LogP contribution in [0.5, 0.6) is 0 Å². The maximum atomic E-state index is 13.0. The van der Waals surface area contributed by atoms with Gasteiger partial charge in [-0.05, 0) is 96.1 Å². The van der Waals surface area contributed by atoms with Crippen molar-refractivity contribution in [3.8, 4) is 0 Å². The van der Waals surface area contributed by atoms with Crippen LogP contribution in [0, 0.1) is 0 Å². The van der Waals surface area contributed by atoms with Crippen LogP contribution in [0.2, 0.25) is 0 Å². The van der Waals surface area contributed by atoms with E-state index in [0.717, 1.165) is 20.6 Å². The largest absolute Gasteiger partial charge is 0.478 e. The van der Waals surface area contributed by atoms with E-state index in [4.69, 9.17) is 10.8 Å². The summed E-state index contributed by atoms with van der Waals surface area (Å²) in [6, 6.07) is 35.1. The van der Waals surface area contributed by atoms with E-state index in [0.29, 0.717) is 13.1 Å². The van der Waals surface area contributed by atoms with E-state index in [-0.39, 0.29) is 59.1 Å². The average molecular weight is 961 g/mol. The highest BCUT2D eigenvalue weighted by atomic mass is 79.9. The van der Waals surface area contributed by atoms with Crippen LogP contribution in [-0.4, -0.2) is 45.6 Å². The van der Waals surface area contributed by atoms with E-state index in [1.165, 1.54) is 66.2 Å². The molecule has 0 aliphatic carbocycles. The van der Waals surface area contributed by atoms with Crippen LogP contribution >= 0.6 is 31.9 Å². The number of carbonyl (C=O) groups excluding carboxylic acids is 3. The van der Waals surface area contributed by atoms with Crippen molar-refractivity contribution in [2.45, 2.75) is 32.7 Å². The molecule has 0 atom stereocenters. The number of rotatable bonds is 5. The summed E-state index contributed by atoms with van der Waals surface area (Å²) in [6.07, 6.45) is 0. The second-order valence-corrected chi connectivity index (χ2v) is 18.4. The van der Waals surface area contributed by atoms with E-state index < -0.39 is 37.5 Å². The predicted octanol–water partition coefficient (Wildman–Crippen LogP) is 7.47. The summed E-state index contributed by atoms with van der Waals surface area (Å²) in [5.74, 6) is -2.69. The first-order chi connectivity index (χ1) is 28.1. The molecule has 13 nitrogen and oxygen atoms in total. The van der Waals surface area contributed by atoms with Crippen LogP contribution in [0.25, 0.3) is 0 Å². The molecule has 0 spiro atoms. The van der Waals surface area contributed by atoms with E-state index in [9.17, 15) is 36.0 Å². The highest BCUT2D eigenvalue weighted by molar-refractivity contribution is 9.10. The smallest absolute Gasteiger partial charge is 0.335 e. The van der Waals surface area contributed by atoms with Crippen LogP contribution in [0.3, 0.4) is 0 Å². The molecule has 6 N–H and O–H groups in total. The normalized spacial score (nSPS) is 13.9. The third kappa shape index (κ3) is 9.50. The maximum absolute atomic E-state index is 13.0. The fourth-order valence-corrected chi connectivity index (χ4v) is 9.61. The molecule has 0 aromatic heterocycles. The van der Waals surface area contributed by atoms with Crippen LogP contribution < -0.4 is 21.7 Å². The zero-order chi connectivity index (χ0) is 42.5. The summed E-state index contributed by atoms with van der Waals surface area (Å²) in [4.78, 5) is 47.8. The summed E-state index contributed by atoms with van der Waals surface area (Å²) in [5, 5.41) is 16.8. The summed E-state index contributed by atoms with van der Waals surface area (Å²) in [6.45, 7) is 0.937. The maximum Gasteiger partial charge on any atom is 0.335 e. The van der Waals surface area contributed by atoms with Gasteiger partial charge in [0.25, 0.3) is 17.7 Å². The van der Waals surface area contributed by atoms with Crippen molar-refractivity contribution in [3.63, 3.8) is 0 Å². The first kappa shape index (κ1) is 42.6. The summed E-state index contributed by atoms with van der Waals surface area (Å²) >= 11 is 6.69. The second kappa shape index (κ2) is 17.9. The lowest BCUT2D eigenvalue weighted by atomic mass is 10.1. The van der Waals surface area contributed by atoms with E-state index in [1.54, 1.807) is 18.2 Å². The van der Waals surface area contributed by atoms with Gasteiger partial charge in [-0.3, -0.25) is 14.4 Å². The van der Waals surface area contributed by atoms with Crippen molar-refractivity contribution in [2.24, 2.45) is 5.73 Å². The Morgan fingerprint density at radius 1 is 0.576 bits per heavy atom. The van der Waals surface area contributed by atoms with E-state index in [2.05, 4.69) is 47.8 Å². The first-order valence-electron chi connectivity index (χ1n) is 17.4. The van der Waals surface area contributed by atoms with Crippen molar-refractivity contribution >= 4 is 86.6 Å². The molecule has 6 aromatic rings. The molecule has 3 amide bonds. The molecule has 300 valence electrons. The van der Waals surface area contributed by atoms with Crippen molar-refractivity contribution in [3.05, 3.63) is 176 Å². The SMILES string of the molecule is NCc1ccc(Br)cc1.O=C(NCc1ccc(Br)cc1)c1ccc2c(c1)NC(=O)c1ccccc1S2(=O)=O.O=C(O)c1ccc2c(c1)NC(=O)c1ccccc1S2(=O)=O. The third-order valence-electron chi connectivity index (χ3n) is 8.90. The van der Waals surface area contributed by atoms with Crippen LogP contribution in [0.4, 0.5) is 11.4 Å². The molecule has 6 aromatic carbocycles. The van der Waals surface area contributed by atoms with Crippen LogP contribution in [0.15, 0.2) is 162 Å². The minimum Gasteiger partial charge on any atom is -0.478 e. The molecule has 0 fully saturated rings. The van der Waals surface area contributed by atoms with Gasteiger partial charge in [0.15, 0.2) is 0 Å². The molecule has 8 rings (SSSR count). The highest BCUT2D eigenvalue weighted by Gasteiger charge is 2.32. The molecule has 2 aliphatic heterocycles. The molecule has 59 heavy (non-hydrogen) atoms. The molecular weight excluding hydrogens is 928 g/mol. The number of carboxylic acid groups (broad SMARTS) is 1. The van der Waals surface area contributed by atoms with Gasteiger partial charge in [0, 0.05) is 27.6 Å². The Labute approximate surface area is 355 Å². The van der Waals surface area contributed by atoms with E-state index in [1.807, 2.05) is 48.5 Å². The van der Waals surface area contributed by atoms with Crippen molar-refractivity contribution in [1.29, 1.82) is 0 Å². The molecule has 0 saturated heterocycles. The lowest BCUT2D eigenvalue weighted by Gasteiger charge is -2.10. The Kier molecular flexibility index (Phi) is 12.9. The first-order valence-corrected chi connectivity index (χ1v) is 21.9. The average Bonchev–Trinajstić information content (AvgIpc) is 3.37. The Balaban J connectivity index is 0.000000169. The number of hydrogen-bond acceptors (Lipinski definition) is 9. The number of aromatic carboxylic acids is 1. The fraction of sp³-hybridized carbons (Fsp3) is 0.0476. The lowest BCUT2D eigenvalue weighted by molar-refractivity contribution is 0.0695. The minimum atomic E-state index is -3.89. The van der Waals surface area contributed by atoms with Gasteiger partial charge in [-0.25, -0.2) is 21.6 Å². The van der Waals surface area contributed by atoms with Gasteiger partial charge in [-0.1, -0.05) is 80.4 Å². The minimum absolute atomic E-state index is 0.0314. The summed E-state index contributed by atoms with van der Waals surface area (Å²) < 4.78 is 53.2. The standard InChI is InChI=1S/C21H15BrN2O4S.C14H9NO5S.C7H8BrN/c22-15-8-5-13(6-9-15)12-23-20(25)14-7-10-19-17(11-14)24-21(26)16-3-1-2-4-18(16)29(19,27)28;16-13-9-3-1-2-4-11(9)21(19,20)12-6-5-8(14(17)18)7-10(12)15-13;8-7-3-1-6(5-9)2-4-7/h1-11H,12H2,(H,23,25)(H,24,26);1-7H,(H,15,16)(H,17,18);1-4H,5,9H2. The Hall–Kier alpha value is -5.98. The number of benzene rings is 6. The fourth-order valence-electron chi connectivity index (χ4n) is 5.90. The molecule has 2 aliphatic rings. The number of nitrogens with one attached hydrogen (secondary N) is 3. The Bertz CT molecular complexity index is 2850. The van der Waals surface area contributed by atoms with Gasteiger partial charge in [-0.2, -0.15) is 0 Å².